The van der Waals surface area contributed by atoms with Crippen LogP contribution in [-0.2, 0) is 10.1 Å². The average molecular weight is 337 g/mol. The SMILES string of the molecule is CCCCC(O)CCCCCCCCCC(CC)S(=O)(=O)O. The molecule has 0 saturated heterocycles. The zero-order valence-electron chi connectivity index (χ0n) is 14.5. The zero-order chi connectivity index (χ0) is 16.8. The average Bonchev–Trinajstić information content (AvgIpc) is 2.45. The molecule has 4 nitrogen and oxygen atoms in total. The molecule has 0 aromatic rings. The van der Waals surface area contributed by atoms with E-state index in [1.165, 1.54) is 19.3 Å². The van der Waals surface area contributed by atoms with Gasteiger partial charge in [0, 0.05) is 0 Å². The van der Waals surface area contributed by atoms with Gasteiger partial charge in [-0.1, -0.05) is 71.6 Å². The maximum absolute atomic E-state index is 11.1. The van der Waals surface area contributed by atoms with Crippen LogP contribution in [0.5, 0.6) is 0 Å². The molecule has 0 saturated carbocycles. The molecule has 0 aromatic carbocycles. The van der Waals surface area contributed by atoms with E-state index in [4.69, 9.17) is 4.55 Å². The summed E-state index contributed by atoms with van der Waals surface area (Å²) >= 11 is 0. The van der Waals surface area contributed by atoms with E-state index < -0.39 is 15.4 Å². The molecular formula is C17H36O4S. The van der Waals surface area contributed by atoms with Crippen molar-refractivity contribution < 1.29 is 18.1 Å². The molecule has 0 aliphatic rings. The van der Waals surface area contributed by atoms with Crippen molar-refractivity contribution in [2.24, 2.45) is 0 Å². The highest BCUT2D eigenvalue weighted by atomic mass is 32.2. The van der Waals surface area contributed by atoms with Crippen molar-refractivity contribution in [1.82, 2.24) is 0 Å². The van der Waals surface area contributed by atoms with Crippen molar-refractivity contribution in [1.29, 1.82) is 0 Å². The third kappa shape index (κ3) is 12.4. The van der Waals surface area contributed by atoms with Crippen LogP contribution < -0.4 is 0 Å². The van der Waals surface area contributed by atoms with Crippen molar-refractivity contribution in [3.63, 3.8) is 0 Å². The standard InChI is InChI=1S/C17H36O4S/c1-3-5-13-16(18)14-11-9-7-6-8-10-12-15-17(4-2)22(19,20)21/h16-18H,3-15H2,1-2H3,(H,19,20,21). The van der Waals surface area contributed by atoms with E-state index in [0.717, 1.165) is 51.4 Å². The number of unbranched alkanes of at least 4 members (excludes halogenated alkanes) is 7. The van der Waals surface area contributed by atoms with Gasteiger partial charge in [-0.25, -0.2) is 0 Å². The molecule has 0 rings (SSSR count). The normalized spacial score (nSPS) is 14.9. The summed E-state index contributed by atoms with van der Waals surface area (Å²) in [6.45, 7) is 3.94. The Morgan fingerprint density at radius 3 is 1.68 bits per heavy atom. The van der Waals surface area contributed by atoms with Crippen LogP contribution in [0.2, 0.25) is 0 Å². The minimum absolute atomic E-state index is 0.119. The molecule has 0 aliphatic heterocycles. The predicted molar refractivity (Wildman–Crippen MR) is 92.7 cm³/mol. The van der Waals surface area contributed by atoms with Gasteiger partial charge in [-0.05, 0) is 25.7 Å². The lowest BCUT2D eigenvalue weighted by atomic mass is 10.0. The van der Waals surface area contributed by atoms with Gasteiger partial charge in [0.25, 0.3) is 10.1 Å². The van der Waals surface area contributed by atoms with Crippen LogP contribution in [0.1, 0.15) is 97.3 Å². The second kappa shape index (κ2) is 13.3. The first-order valence-corrected chi connectivity index (χ1v) is 10.6. The van der Waals surface area contributed by atoms with E-state index in [1.807, 2.05) is 0 Å². The van der Waals surface area contributed by atoms with Gasteiger partial charge in [0.2, 0.25) is 0 Å². The Balaban J connectivity index is 3.40. The van der Waals surface area contributed by atoms with E-state index in [2.05, 4.69) is 6.92 Å². The lowest BCUT2D eigenvalue weighted by Gasteiger charge is -2.11. The van der Waals surface area contributed by atoms with E-state index in [0.29, 0.717) is 12.8 Å². The highest BCUT2D eigenvalue weighted by molar-refractivity contribution is 7.86. The second-order valence-electron chi connectivity index (χ2n) is 6.39. The highest BCUT2D eigenvalue weighted by Crippen LogP contribution is 2.16. The minimum atomic E-state index is -3.86. The number of aliphatic hydroxyl groups is 1. The molecule has 2 unspecified atom stereocenters. The van der Waals surface area contributed by atoms with E-state index >= 15 is 0 Å². The summed E-state index contributed by atoms with van der Waals surface area (Å²) in [5, 5.41) is 9.14. The molecule has 0 spiro atoms. The fourth-order valence-electron chi connectivity index (χ4n) is 2.78. The first-order valence-electron chi connectivity index (χ1n) is 9.06. The third-order valence-corrected chi connectivity index (χ3v) is 5.74. The van der Waals surface area contributed by atoms with Crippen molar-refractivity contribution in [2.75, 3.05) is 0 Å². The lowest BCUT2D eigenvalue weighted by Crippen LogP contribution is -2.19. The van der Waals surface area contributed by atoms with E-state index in [1.54, 1.807) is 6.92 Å². The molecule has 5 heteroatoms. The van der Waals surface area contributed by atoms with Gasteiger partial charge in [0.05, 0.1) is 11.4 Å². The molecular weight excluding hydrogens is 300 g/mol. The third-order valence-electron chi connectivity index (χ3n) is 4.33. The van der Waals surface area contributed by atoms with Crippen molar-refractivity contribution in [3.05, 3.63) is 0 Å². The van der Waals surface area contributed by atoms with Crippen LogP contribution in [0.15, 0.2) is 0 Å². The number of hydrogen-bond donors (Lipinski definition) is 2. The number of aliphatic hydroxyl groups excluding tert-OH is 1. The molecule has 22 heavy (non-hydrogen) atoms. The fourth-order valence-corrected chi connectivity index (χ4v) is 3.67. The number of hydrogen-bond acceptors (Lipinski definition) is 3. The molecule has 0 bridgehead atoms. The second-order valence-corrected chi connectivity index (χ2v) is 8.09. The molecule has 0 heterocycles. The van der Waals surface area contributed by atoms with Crippen LogP contribution in [-0.4, -0.2) is 29.4 Å². The Hall–Kier alpha value is -0.130. The maximum Gasteiger partial charge on any atom is 0.267 e. The van der Waals surface area contributed by atoms with E-state index in [9.17, 15) is 13.5 Å². The monoisotopic (exact) mass is 336 g/mol. The van der Waals surface area contributed by atoms with Crippen LogP contribution in [0.3, 0.4) is 0 Å². The summed E-state index contributed by atoms with van der Waals surface area (Å²) in [5.74, 6) is 0. The Labute approximate surface area is 137 Å². The largest absolute Gasteiger partial charge is 0.393 e. The highest BCUT2D eigenvalue weighted by Gasteiger charge is 2.19. The summed E-state index contributed by atoms with van der Waals surface area (Å²) in [4.78, 5) is 0. The number of rotatable bonds is 15. The molecule has 2 atom stereocenters. The molecule has 0 fully saturated rings. The Bertz CT molecular complexity index is 341. The Morgan fingerprint density at radius 1 is 0.773 bits per heavy atom. The lowest BCUT2D eigenvalue weighted by molar-refractivity contribution is 0.148. The quantitative estimate of drug-likeness (QED) is 0.335. The van der Waals surface area contributed by atoms with E-state index in [-0.39, 0.29) is 6.10 Å². The maximum atomic E-state index is 11.1. The van der Waals surface area contributed by atoms with Gasteiger partial charge in [0.1, 0.15) is 0 Å². The topological polar surface area (TPSA) is 74.6 Å². The van der Waals surface area contributed by atoms with Gasteiger partial charge in [-0.2, -0.15) is 8.42 Å². The smallest absolute Gasteiger partial charge is 0.267 e. The summed E-state index contributed by atoms with van der Waals surface area (Å²) in [7, 11) is -3.86. The van der Waals surface area contributed by atoms with Gasteiger partial charge >= 0.3 is 0 Å². The molecule has 0 aromatic heterocycles. The van der Waals surface area contributed by atoms with Crippen molar-refractivity contribution in [3.8, 4) is 0 Å². The first kappa shape index (κ1) is 21.9. The van der Waals surface area contributed by atoms with Crippen molar-refractivity contribution in [2.45, 2.75) is 109 Å². The van der Waals surface area contributed by atoms with Crippen LogP contribution in [0, 0.1) is 0 Å². The van der Waals surface area contributed by atoms with Gasteiger partial charge < -0.3 is 5.11 Å². The van der Waals surface area contributed by atoms with Gasteiger partial charge in [-0.15, -0.1) is 0 Å². The van der Waals surface area contributed by atoms with Crippen LogP contribution in [0.4, 0.5) is 0 Å². The summed E-state index contributed by atoms with van der Waals surface area (Å²) in [6.07, 6.45) is 12.7. The zero-order valence-corrected chi connectivity index (χ0v) is 15.3. The molecule has 0 amide bonds. The Morgan fingerprint density at radius 2 is 1.23 bits per heavy atom. The summed E-state index contributed by atoms with van der Waals surface area (Å²) in [6, 6.07) is 0. The fraction of sp³-hybridized carbons (Fsp3) is 1.00. The van der Waals surface area contributed by atoms with Gasteiger partial charge in [0.15, 0.2) is 0 Å². The van der Waals surface area contributed by atoms with Gasteiger partial charge in [-0.3, -0.25) is 4.55 Å². The Kier molecular flexibility index (Phi) is 13.2. The summed E-state index contributed by atoms with van der Waals surface area (Å²) < 4.78 is 31.1. The minimum Gasteiger partial charge on any atom is -0.393 e. The molecule has 134 valence electrons. The van der Waals surface area contributed by atoms with Crippen LogP contribution >= 0.6 is 0 Å². The van der Waals surface area contributed by atoms with Crippen LogP contribution in [0.25, 0.3) is 0 Å². The first-order chi connectivity index (χ1) is 10.4. The molecule has 0 radical (unpaired) electrons. The predicted octanol–water partition coefficient (Wildman–Crippen LogP) is 4.71. The molecule has 0 aliphatic carbocycles. The summed E-state index contributed by atoms with van der Waals surface area (Å²) in [5.41, 5.74) is 0. The van der Waals surface area contributed by atoms with Crippen molar-refractivity contribution >= 4 is 10.1 Å². The molecule has 2 N–H and O–H groups in total.